The molecular formula is C13H14F2N2O2S2. The van der Waals surface area contributed by atoms with Crippen LogP contribution in [0.2, 0.25) is 0 Å². The van der Waals surface area contributed by atoms with Gasteiger partial charge in [-0.3, -0.25) is 4.72 Å². The van der Waals surface area contributed by atoms with E-state index >= 15 is 0 Å². The summed E-state index contributed by atoms with van der Waals surface area (Å²) in [5.41, 5.74) is 0.593. The van der Waals surface area contributed by atoms with Crippen LogP contribution < -0.4 is 10.0 Å². The zero-order chi connectivity index (χ0) is 15.6. The van der Waals surface area contributed by atoms with Gasteiger partial charge < -0.3 is 5.32 Å². The number of sulfonamides is 1. The molecule has 0 radical (unpaired) electrons. The van der Waals surface area contributed by atoms with Crippen LogP contribution in [0.1, 0.15) is 10.4 Å². The van der Waals surface area contributed by atoms with E-state index in [1.165, 1.54) is 17.4 Å². The number of nitrogens with one attached hydrogen (secondary N) is 2. The molecular weight excluding hydrogens is 318 g/mol. The third kappa shape index (κ3) is 3.39. The predicted octanol–water partition coefficient (Wildman–Crippen LogP) is 2.85. The van der Waals surface area contributed by atoms with Gasteiger partial charge in [-0.1, -0.05) is 0 Å². The van der Waals surface area contributed by atoms with Crippen molar-refractivity contribution in [2.24, 2.45) is 0 Å². The van der Waals surface area contributed by atoms with E-state index in [2.05, 4.69) is 10.0 Å². The summed E-state index contributed by atoms with van der Waals surface area (Å²) in [6.07, 6.45) is 0. The molecule has 0 saturated carbocycles. The molecule has 4 nitrogen and oxygen atoms in total. The number of aryl methyl sites for hydroxylation is 1. The van der Waals surface area contributed by atoms with Crippen molar-refractivity contribution >= 4 is 27.0 Å². The van der Waals surface area contributed by atoms with Crippen molar-refractivity contribution in [2.75, 3.05) is 11.8 Å². The molecule has 8 heteroatoms. The third-order valence-electron chi connectivity index (χ3n) is 2.77. The van der Waals surface area contributed by atoms with Crippen molar-refractivity contribution in [3.8, 4) is 0 Å². The van der Waals surface area contributed by atoms with Gasteiger partial charge in [-0.2, -0.15) is 0 Å². The van der Waals surface area contributed by atoms with Gasteiger partial charge in [0, 0.05) is 17.5 Å². The van der Waals surface area contributed by atoms with Gasteiger partial charge in [-0.15, -0.1) is 11.3 Å². The normalized spacial score (nSPS) is 11.6. The number of hydrogen-bond donors (Lipinski definition) is 2. The second-order valence-electron chi connectivity index (χ2n) is 4.44. The van der Waals surface area contributed by atoms with Crippen LogP contribution in [0.3, 0.4) is 0 Å². The summed E-state index contributed by atoms with van der Waals surface area (Å²) in [7, 11) is -2.14. The van der Waals surface area contributed by atoms with Crippen LogP contribution in [0.25, 0.3) is 0 Å². The lowest BCUT2D eigenvalue weighted by molar-refractivity contribution is 0.509. The minimum Gasteiger partial charge on any atom is -0.315 e. The van der Waals surface area contributed by atoms with E-state index in [-0.39, 0.29) is 10.6 Å². The van der Waals surface area contributed by atoms with E-state index in [0.717, 1.165) is 12.1 Å². The second kappa shape index (κ2) is 6.08. The van der Waals surface area contributed by atoms with Gasteiger partial charge in [0.15, 0.2) is 11.6 Å². The highest BCUT2D eigenvalue weighted by molar-refractivity contribution is 7.93. The fourth-order valence-corrected chi connectivity index (χ4v) is 4.77. The standard InChI is InChI=1S/C13H14F2N2O2S2/c1-8-7-20-12(6-16-2)13(8)21(18,19)17-9-3-4-10(14)11(15)5-9/h3-5,7,16-17H,6H2,1-2H3. The number of rotatable bonds is 5. The van der Waals surface area contributed by atoms with Crippen LogP contribution in [-0.2, 0) is 16.6 Å². The van der Waals surface area contributed by atoms with Gasteiger partial charge in [-0.05, 0) is 37.0 Å². The predicted molar refractivity (Wildman–Crippen MR) is 79.0 cm³/mol. The Morgan fingerprint density at radius 2 is 1.95 bits per heavy atom. The molecule has 2 aromatic rings. The first-order valence-electron chi connectivity index (χ1n) is 6.04. The van der Waals surface area contributed by atoms with Crippen LogP contribution in [0.15, 0.2) is 28.5 Å². The largest absolute Gasteiger partial charge is 0.315 e. The maximum atomic E-state index is 13.2. The zero-order valence-electron chi connectivity index (χ0n) is 11.4. The maximum Gasteiger partial charge on any atom is 0.263 e. The summed E-state index contributed by atoms with van der Waals surface area (Å²) < 4.78 is 53.2. The number of halogens is 2. The molecule has 0 aliphatic rings. The molecule has 1 aromatic carbocycles. The molecule has 0 saturated heterocycles. The lowest BCUT2D eigenvalue weighted by Gasteiger charge is -2.10. The molecule has 0 aliphatic heterocycles. The molecule has 0 atom stereocenters. The average molecular weight is 332 g/mol. The Morgan fingerprint density at radius 3 is 2.57 bits per heavy atom. The molecule has 114 valence electrons. The van der Waals surface area contributed by atoms with Crippen LogP contribution in [0, 0.1) is 18.6 Å². The van der Waals surface area contributed by atoms with Crippen molar-refractivity contribution in [1.29, 1.82) is 0 Å². The molecule has 0 bridgehead atoms. The van der Waals surface area contributed by atoms with Crippen LogP contribution >= 0.6 is 11.3 Å². The first-order valence-corrected chi connectivity index (χ1v) is 8.41. The van der Waals surface area contributed by atoms with Crippen LogP contribution in [-0.4, -0.2) is 15.5 Å². The lowest BCUT2D eigenvalue weighted by Crippen LogP contribution is -2.17. The Balaban J connectivity index is 2.38. The van der Waals surface area contributed by atoms with E-state index in [4.69, 9.17) is 0 Å². The fourth-order valence-electron chi connectivity index (χ4n) is 1.90. The van der Waals surface area contributed by atoms with Gasteiger partial charge in [-0.25, -0.2) is 17.2 Å². The summed E-state index contributed by atoms with van der Waals surface area (Å²) in [5.74, 6) is -2.13. The molecule has 0 spiro atoms. The van der Waals surface area contributed by atoms with Crippen molar-refractivity contribution in [2.45, 2.75) is 18.4 Å². The number of hydrogen-bond acceptors (Lipinski definition) is 4. The molecule has 2 N–H and O–H groups in total. The van der Waals surface area contributed by atoms with E-state index < -0.39 is 21.7 Å². The first kappa shape index (κ1) is 15.9. The summed E-state index contributed by atoms with van der Waals surface area (Å²) >= 11 is 1.33. The topological polar surface area (TPSA) is 58.2 Å². The molecule has 1 heterocycles. The van der Waals surface area contributed by atoms with Crippen LogP contribution in [0.5, 0.6) is 0 Å². The molecule has 21 heavy (non-hydrogen) atoms. The van der Waals surface area contributed by atoms with Gasteiger partial charge in [0.2, 0.25) is 0 Å². The van der Waals surface area contributed by atoms with Crippen molar-refractivity contribution in [1.82, 2.24) is 5.32 Å². The summed E-state index contributed by atoms with van der Waals surface area (Å²) in [6.45, 7) is 2.10. The molecule has 0 unspecified atom stereocenters. The second-order valence-corrected chi connectivity index (χ2v) is 7.02. The van der Waals surface area contributed by atoms with Crippen molar-refractivity contribution < 1.29 is 17.2 Å². The summed E-state index contributed by atoms with van der Waals surface area (Å²) in [6, 6.07) is 2.86. The van der Waals surface area contributed by atoms with Crippen molar-refractivity contribution in [3.63, 3.8) is 0 Å². The highest BCUT2D eigenvalue weighted by atomic mass is 32.2. The summed E-state index contributed by atoms with van der Waals surface area (Å²) in [4.78, 5) is 0.830. The molecule has 2 rings (SSSR count). The quantitative estimate of drug-likeness (QED) is 0.885. The number of benzene rings is 1. The van der Waals surface area contributed by atoms with Gasteiger partial charge in [0.05, 0.1) is 5.69 Å². The van der Waals surface area contributed by atoms with Gasteiger partial charge >= 0.3 is 0 Å². The average Bonchev–Trinajstić information content (AvgIpc) is 2.76. The van der Waals surface area contributed by atoms with E-state index in [0.29, 0.717) is 17.0 Å². The highest BCUT2D eigenvalue weighted by Crippen LogP contribution is 2.28. The molecule has 0 fully saturated rings. The molecule has 1 aromatic heterocycles. The number of anilines is 1. The molecule has 0 aliphatic carbocycles. The highest BCUT2D eigenvalue weighted by Gasteiger charge is 2.23. The maximum absolute atomic E-state index is 13.2. The molecule has 0 amide bonds. The smallest absolute Gasteiger partial charge is 0.263 e. The Hall–Kier alpha value is -1.51. The van der Waals surface area contributed by atoms with E-state index in [1.807, 2.05) is 0 Å². The van der Waals surface area contributed by atoms with E-state index in [9.17, 15) is 17.2 Å². The minimum absolute atomic E-state index is 0.0186. The Bertz CT molecular complexity index is 758. The number of thiophene rings is 1. The minimum atomic E-state index is -3.85. The Labute approximate surface area is 125 Å². The van der Waals surface area contributed by atoms with Gasteiger partial charge in [0.25, 0.3) is 10.0 Å². The van der Waals surface area contributed by atoms with Crippen molar-refractivity contribution in [3.05, 3.63) is 45.7 Å². The van der Waals surface area contributed by atoms with Crippen LogP contribution in [0.4, 0.5) is 14.5 Å². The zero-order valence-corrected chi connectivity index (χ0v) is 13.0. The fraction of sp³-hybridized carbons (Fsp3) is 0.231. The third-order valence-corrected chi connectivity index (χ3v) is 5.61. The Kier molecular flexibility index (Phi) is 4.60. The summed E-state index contributed by atoms with van der Waals surface area (Å²) in [5, 5.41) is 4.64. The monoisotopic (exact) mass is 332 g/mol. The van der Waals surface area contributed by atoms with Gasteiger partial charge in [0.1, 0.15) is 4.90 Å². The lowest BCUT2D eigenvalue weighted by atomic mass is 10.3. The first-order chi connectivity index (χ1) is 9.85. The Morgan fingerprint density at radius 1 is 1.24 bits per heavy atom. The SMILES string of the molecule is CNCc1scc(C)c1S(=O)(=O)Nc1ccc(F)c(F)c1. The van der Waals surface area contributed by atoms with E-state index in [1.54, 1.807) is 19.4 Å².